The van der Waals surface area contributed by atoms with Crippen molar-refractivity contribution < 1.29 is 14.3 Å². The lowest BCUT2D eigenvalue weighted by Gasteiger charge is -2.21. The molecular weight excluding hydrogens is 352 g/mol. The van der Waals surface area contributed by atoms with Gasteiger partial charge in [0.05, 0.1) is 7.11 Å². The van der Waals surface area contributed by atoms with Crippen molar-refractivity contribution in [2.75, 3.05) is 13.7 Å². The molecule has 2 aromatic rings. The molecule has 0 aromatic heterocycles. The van der Waals surface area contributed by atoms with E-state index in [4.69, 9.17) is 16.3 Å². The molecule has 2 rings (SSSR count). The average Bonchev–Trinajstić information content (AvgIpc) is 2.64. The van der Waals surface area contributed by atoms with Gasteiger partial charge >= 0.3 is 0 Å². The van der Waals surface area contributed by atoms with Crippen LogP contribution in [0.2, 0.25) is 5.02 Å². The van der Waals surface area contributed by atoms with Gasteiger partial charge in [-0.25, -0.2) is 0 Å². The highest BCUT2D eigenvalue weighted by Crippen LogP contribution is 2.18. The molecule has 0 saturated heterocycles. The molecular formula is C20H23ClN2O3. The van der Waals surface area contributed by atoms with Crippen LogP contribution >= 0.6 is 11.6 Å². The largest absolute Gasteiger partial charge is 0.496 e. The minimum absolute atomic E-state index is 0.0950. The molecule has 0 aliphatic rings. The maximum absolute atomic E-state index is 12.1. The molecule has 0 unspecified atom stereocenters. The SMILES string of the molecule is COc1ccccc1CNC(=O)CCN(Cc1ccccc1Cl)C(C)=O. The Morgan fingerprint density at radius 3 is 2.38 bits per heavy atom. The van der Waals surface area contributed by atoms with Crippen LogP contribution in [0.5, 0.6) is 5.75 Å². The van der Waals surface area contributed by atoms with E-state index in [2.05, 4.69) is 5.32 Å². The standard InChI is InChI=1S/C20H23ClN2O3/c1-15(24)23(14-17-8-3-5-9-18(17)21)12-11-20(25)22-13-16-7-4-6-10-19(16)26-2/h3-10H,11-14H2,1-2H3,(H,22,25). The number of rotatable bonds is 8. The summed E-state index contributed by atoms with van der Waals surface area (Å²) in [6.07, 6.45) is 0.221. The van der Waals surface area contributed by atoms with Crippen LogP contribution in [-0.4, -0.2) is 30.4 Å². The van der Waals surface area contributed by atoms with Gasteiger partial charge in [-0.1, -0.05) is 48.0 Å². The normalized spacial score (nSPS) is 10.3. The predicted molar refractivity (Wildman–Crippen MR) is 102 cm³/mol. The number of benzene rings is 2. The highest BCUT2D eigenvalue weighted by molar-refractivity contribution is 6.31. The van der Waals surface area contributed by atoms with Crippen molar-refractivity contribution >= 4 is 23.4 Å². The molecule has 0 saturated carbocycles. The summed E-state index contributed by atoms with van der Waals surface area (Å²) in [5, 5.41) is 3.47. The van der Waals surface area contributed by atoms with Crippen LogP contribution in [-0.2, 0) is 22.7 Å². The molecule has 6 heteroatoms. The first-order valence-corrected chi connectivity index (χ1v) is 8.76. The van der Waals surface area contributed by atoms with Crippen LogP contribution in [0.3, 0.4) is 0 Å². The third kappa shape index (κ3) is 5.77. The van der Waals surface area contributed by atoms with Gasteiger partial charge < -0.3 is 15.0 Å². The number of para-hydroxylation sites is 1. The zero-order valence-corrected chi connectivity index (χ0v) is 15.8. The molecule has 1 N–H and O–H groups in total. The summed E-state index contributed by atoms with van der Waals surface area (Å²) in [4.78, 5) is 25.6. The van der Waals surface area contributed by atoms with Gasteiger partial charge in [0, 0.05) is 43.6 Å². The van der Waals surface area contributed by atoms with Gasteiger partial charge in [-0.3, -0.25) is 9.59 Å². The van der Waals surface area contributed by atoms with Crippen molar-refractivity contribution in [2.45, 2.75) is 26.4 Å². The molecule has 0 aliphatic carbocycles. The number of halogens is 1. The topological polar surface area (TPSA) is 58.6 Å². The first-order chi connectivity index (χ1) is 12.5. The number of carbonyl (C=O) groups is 2. The number of ether oxygens (including phenoxy) is 1. The third-order valence-electron chi connectivity index (χ3n) is 4.04. The Hall–Kier alpha value is -2.53. The fourth-order valence-corrected chi connectivity index (χ4v) is 2.74. The molecule has 138 valence electrons. The summed E-state index contributed by atoms with van der Waals surface area (Å²) in [7, 11) is 1.60. The molecule has 2 amide bonds. The highest BCUT2D eigenvalue weighted by Gasteiger charge is 2.13. The number of nitrogens with zero attached hydrogens (tertiary/aromatic N) is 1. The Bertz CT molecular complexity index is 764. The minimum Gasteiger partial charge on any atom is -0.496 e. The van der Waals surface area contributed by atoms with Crippen LogP contribution in [0, 0.1) is 0 Å². The van der Waals surface area contributed by atoms with Gasteiger partial charge in [-0.05, 0) is 17.7 Å². The molecule has 5 nitrogen and oxygen atoms in total. The number of methoxy groups -OCH3 is 1. The molecule has 0 aliphatic heterocycles. The summed E-state index contributed by atoms with van der Waals surface area (Å²) in [6, 6.07) is 14.9. The first kappa shape index (κ1) is 19.8. The van der Waals surface area contributed by atoms with Crippen molar-refractivity contribution in [3.8, 4) is 5.75 Å². The predicted octanol–water partition coefficient (Wildman–Crippen LogP) is 3.40. The third-order valence-corrected chi connectivity index (χ3v) is 4.41. The van der Waals surface area contributed by atoms with E-state index in [1.807, 2.05) is 42.5 Å². The van der Waals surface area contributed by atoms with Crippen LogP contribution in [0.4, 0.5) is 0 Å². The lowest BCUT2D eigenvalue weighted by atomic mass is 10.2. The summed E-state index contributed by atoms with van der Waals surface area (Å²) >= 11 is 6.15. The highest BCUT2D eigenvalue weighted by atomic mass is 35.5. The monoisotopic (exact) mass is 374 g/mol. The van der Waals surface area contributed by atoms with E-state index in [9.17, 15) is 9.59 Å². The Labute approximate surface area is 158 Å². The van der Waals surface area contributed by atoms with E-state index in [0.29, 0.717) is 24.7 Å². The molecule has 0 radical (unpaired) electrons. The molecule has 0 heterocycles. The average molecular weight is 375 g/mol. The fourth-order valence-electron chi connectivity index (χ4n) is 2.55. The van der Waals surface area contributed by atoms with Crippen molar-refractivity contribution in [1.29, 1.82) is 0 Å². The van der Waals surface area contributed by atoms with Gasteiger partial charge in [0.15, 0.2) is 0 Å². The number of hydrogen-bond acceptors (Lipinski definition) is 3. The summed E-state index contributed by atoms with van der Waals surface area (Å²) < 4.78 is 5.27. The molecule has 0 spiro atoms. The smallest absolute Gasteiger partial charge is 0.222 e. The quantitative estimate of drug-likeness (QED) is 0.770. The fraction of sp³-hybridized carbons (Fsp3) is 0.300. The van der Waals surface area contributed by atoms with E-state index in [1.54, 1.807) is 18.1 Å². The van der Waals surface area contributed by atoms with Gasteiger partial charge in [-0.15, -0.1) is 0 Å². The minimum atomic E-state index is -0.124. The molecule has 26 heavy (non-hydrogen) atoms. The second-order valence-corrected chi connectivity index (χ2v) is 6.28. The van der Waals surface area contributed by atoms with E-state index in [1.165, 1.54) is 6.92 Å². The Kier molecular flexibility index (Phi) is 7.48. The van der Waals surface area contributed by atoms with Crippen molar-refractivity contribution in [2.24, 2.45) is 0 Å². The van der Waals surface area contributed by atoms with Crippen molar-refractivity contribution in [1.82, 2.24) is 10.2 Å². The number of hydrogen-bond donors (Lipinski definition) is 1. The van der Waals surface area contributed by atoms with E-state index >= 15 is 0 Å². The van der Waals surface area contributed by atoms with Crippen LogP contribution in [0.25, 0.3) is 0 Å². The maximum atomic E-state index is 12.1. The molecule has 2 aromatic carbocycles. The van der Waals surface area contributed by atoms with E-state index in [-0.39, 0.29) is 18.2 Å². The second-order valence-electron chi connectivity index (χ2n) is 5.87. The molecule has 0 fully saturated rings. The van der Waals surface area contributed by atoms with Crippen molar-refractivity contribution in [3.05, 3.63) is 64.7 Å². The van der Waals surface area contributed by atoms with Crippen LogP contribution in [0.1, 0.15) is 24.5 Å². The summed E-state index contributed by atoms with van der Waals surface area (Å²) in [5.41, 5.74) is 1.77. The number of amides is 2. The number of carbonyl (C=O) groups excluding carboxylic acids is 2. The van der Waals surface area contributed by atoms with E-state index < -0.39 is 0 Å². The van der Waals surface area contributed by atoms with Gasteiger partial charge in [-0.2, -0.15) is 0 Å². The summed E-state index contributed by atoms with van der Waals surface area (Å²) in [6.45, 7) is 2.59. The van der Waals surface area contributed by atoms with Gasteiger partial charge in [0.2, 0.25) is 11.8 Å². The van der Waals surface area contributed by atoms with Gasteiger partial charge in [0.25, 0.3) is 0 Å². The first-order valence-electron chi connectivity index (χ1n) is 8.38. The number of nitrogens with one attached hydrogen (secondary N) is 1. The molecule has 0 atom stereocenters. The van der Waals surface area contributed by atoms with Crippen molar-refractivity contribution in [3.63, 3.8) is 0 Å². The van der Waals surface area contributed by atoms with Crippen LogP contribution in [0.15, 0.2) is 48.5 Å². The lowest BCUT2D eigenvalue weighted by Crippen LogP contribution is -2.33. The zero-order chi connectivity index (χ0) is 18.9. The second kappa shape index (κ2) is 9.82. The summed E-state index contributed by atoms with van der Waals surface area (Å²) in [5.74, 6) is 0.514. The lowest BCUT2D eigenvalue weighted by molar-refractivity contribution is -0.130. The Morgan fingerprint density at radius 1 is 1.08 bits per heavy atom. The van der Waals surface area contributed by atoms with E-state index in [0.717, 1.165) is 16.9 Å². The Balaban J connectivity index is 1.87. The van der Waals surface area contributed by atoms with Crippen LogP contribution < -0.4 is 10.1 Å². The maximum Gasteiger partial charge on any atom is 0.222 e. The Morgan fingerprint density at radius 2 is 1.73 bits per heavy atom. The van der Waals surface area contributed by atoms with Gasteiger partial charge in [0.1, 0.15) is 5.75 Å². The molecule has 0 bridgehead atoms. The zero-order valence-electron chi connectivity index (χ0n) is 15.0.